The zero-order chi connectivity index (χ0) is 16.7. The minimum atomic E-state index is -0.466. The van der Waals surface area contributed by atoms with Crippen molar-refractivity contribution in [2.24, 2.45) is 0 Å². The van der Waals surface area contributed by atoms with Crippen LogP contribution in [0, 0.1) is 10.1 Å². The van der Waals surface area contributed by atoms with Gasteiger partial charge in [-0.25, -0.2) is 0 Å². The lowest BCUT2D eigenvalue weighted by Crippen LogP contribution is -1.90. The summed E-state index contributed by atoms with van der Waals surface area (Å²) in [6.07, 6.45) is 0. The summed E-state index contributed by atoms with van der Waals surface area (Å²) in [6, 6.07) is 10.1. The molecule has 0 heterocycles. The van der Waals surface area contributed by atoms with E-state index in [4.69, 9.17) is 15.2 Å². The molecule has 0 fully saturated rings. The van der Waals surface area contributed by atoms with E-state index in [2.05, 4.69) is 31.9 Å². The molecular weight excluding hydrogens is 420 g/mol. The maximum absolute atomic E-state index is 10.4. The summed E-state index contributed by atoms with van der Waals surface area (Å²) < 4.78 is 11.1. The van der Waals surface area contributed by atoms with Crippen molar-refractivity contribution in [3.8, 4) is 11.5 Å². The molecule has 2 aromatic carbocycles. The number of ether oxygens (including phenoxy) is 2. The molecule has 118 valence electrons. The van der Waals surface area contributed by atoms with Gasteiger partial charge in [-0.05, 0) is 56.1 Å². The van der Waals surface area contributed by atoms with Gasteiger partial charge >= 0.3 is 0 Å². The van der Waals surface area contributed by atoms with Crippen LogP contribution in [0.3, 0.4) is 0 Å². The summed E-state index contributed by atoms with van der Waals surface area (Å²) in [7, 11) is 3.08. The van der Waals surface area contributed by atoms with E-state index < -0.39 is 4.92 Å². The van der Waals surface area contributed by atoms with Gasteiger partial charge in [-0.3, -0.25) is 10.1 Å². The highest BCUT2D eigenvalue weighted by Crippen LogP contribution is 2.28. The van der Waals surface area contributed by atoms with Crippen molar-refractivity contribution in [3.63, 3.8) is 0 Å². The third-order valence-corrected chi connectivity index (χ3v) is 3.95. The number of halogens is 2. The maximum Gasteiger partial charge on any atom is 0.287 e. The van der Waals surface area contributed by atoms with Gasteiger partial charge in [0, 0.05) is 16.2 Å². The van der Waals surface area contributed by atoms with Crippen molar-refractivity contribution in [3.05, 3.63) is 55.5 Å². The van der Waals surface area contributed by atoms with Gasteiger partial charge in [0.05, 0.1) is 29.7 Å². The lowest BCUT2D eigenvalue weighted by Gasteiger charge is -2.01. The van der Waals surface area contributed by atoms with E-state index in [0.717, 1.165) is 10.2 Å². The van der Waals surface area contributed by atoms with Crippen molar-refractivity contribution in [1.82, 2.24) is 0 Å². The van der Waals surface area contributed by atoms with Crippen LogP contribution in [-0.4, -0.2) is 19.1 Å². The zero-order valence-corrected chi connectivity index (χ0v) is 15.0. The minimum absolute atomic E-state index is 0.00866. The summed E-state index contributed by atoms with van der Waals surface area (Å²) in [5.41, 5.74) is 6.27. The molecule has 0 unspecified atom stereocenters. The van der Waals surface area contributed by atoms with Crippen LogP contribution in [0.1, 0.15) is 0 Å². The van der Waals surface area contributed by atoms with E-state index in [0.29, 0.717) is 15.9 Å². The molecule has 6 nitrogen and oxygen atoms in total. The molecule has 22 heavy (non-hydrogen) atoms. The lowest BCUT2D eigenvalue weighted by molar-refractivity contribution is -0.385. The number of hydrogen-bond donors (Lipinski definition) is 1. The predicted molar refractivity (Wildman–Crippen MR) is 92.5 cm³/mol. The quantitative estimate of drug-likeness (QED) is 0.440. The summed E-state index contributed by atoms with van der Waals surface area (Å²) in [6.45, 7) is 0. The summed E-state index contributed by atoms with van der Waals surface area (Å²) in [5, 5.41) is 10.4. The summed E-state index contributed by atoms with van der Waals surface area (Å²) in [5.74, 6) is 1.26. The van der Waals surface area contributed by atoms with Crippen LogP contribution in [0.15, 0.2) is 45.3 Å². The number of nitrogens with two attached hydrogens (primary N) is 1. The van der Waals surface area contributed by atoms with E-state index in [1.54, 1.807) is 25.3 Å². The first kappa shape index (κ1) is 18.2. The first-order chi connectivity index (χ1) is 10.4. The van der Waals surface area contributed by atoms with E-state index in [1.165, 1.54) is 13.2 Å². The normalized spacial score (nSPS) is 9.45. The molecule has 0 atom stereocenters. The number of nitrogen functional groups attached to an aromatic ring is 1. The monoisotopic (exact) mass is 432 g/mol. The molecule has 0 saturated heterocycles. The molecule has 2 aromatic rings. The Kier molecular flexibility index (Phi) is 7.13. The molecular formula is C14H14Br2N2O4. The molecule has 8 heteroatoms. The molecule has 0 aliphatic heterocycles. The molecule has 0 spiro atoms. The molecule has 0 aliphatic carbocycles. The molecule has 0 bridgehead atoms. The Balaban J connectivity index is 0.000000224. The maximum atomic E-state index is 10.4. The lowest BCUT2D eigenvalue weighted by atomic mass is 10.3. The van der Waals surface area contributed by atoms with Gasteiger partial charge < -0.3 is 15.2 Å². The highest BCUT2D eigenvalue weighted by molar-refractivity contribution is 9.11. The fraction of sp³-hybridized carbons (Fsp3) is 0.143. The van der Waals surface area contributed by atoms with Gasteiger partial charge in [0.1, 0.15) is 11.5 Å². The molecule has 0 aromatic heterocycles. The first-order valence-electron chi connectivity index (χ1n) is 5.96. The number of methoxy groups -OCH3 is 2. The summed E-state index contributed by atoms with van der Waals surface area (Å²) in [4.78, 5) is 9.94. The molecule has 2 rings (SSSR count). The zero-order valence-electron chi connectivity index (χ0n) is 11.9. The van der Waals surface area contributed by atoms with Crippen molar-refractivity contribution in [2.45, 2.75) is 0 Å². The number of hydrogen-bond acceptors (Lipinski definition) is 5. The number of nitro groups is 1. The van der Waals surface area contributed by atoms with Gasteiger partial charge in [0.25, 0.3) is 5.69 Å². The average Bonchev–Trinajstić information content (AvgIpc) is 2.51. The Labute approximate surface area is 144 Å². The SMILES string of the molecule is COc1ccc(Br)c(N)c1.COc1ccc(Br)c([N+](=O)[O-])c1. The average molecular weight is 434 g/mol. The fourth-order valence-electron chi connectivity index (χ4n) is 1.41. The van der Waals surface area contributed by atoms with E-state index >= 15 is 0 Å². The second-order valence-electron chi connectivity index (χ2n) is 3.96. The highest BCUT2D eigenvalue weighted by atomic mass is 79.9. The molecule has 2 N–H and O–H groups in total. The Morgan fingerprint density at radius 2 is 1.50 bits per heavy atom. The Morgan fingerprint density at radius 1 is 1.00 bits per heavy atom. The van der Waals surface area contributed by atoms with Gasteiger partial charge in [-0.1, -0.05) is 0 Å². The number of rotatable bonds is 3. The Hall–Kier alpha value is -1.80. The molecule has 0 saturated carbocycles. The smallest absolute Gasteiger partial charge is 0.287 e. The topological polar surface area (TPSA) is 87.6 Å². The van der Waals surface area contributed by atoms with Crippen LogP contribution in [0.4, 0.5) is 11.4 Å². The Bertz CT molecular complexity index is 665. The molecule has 0 radical (unpaired) electrons. The number of nitrogens with zero attached hydrogens (tertiary/aromatic N) is 1. The van der Waals surface area contributed by atoms with Gasteiger partial charge in [-0.15, -0.1) is 0 Å². The van der Waals surface area contributed by atoms with Gasteiger partial charge in [0.2, 0.25) is 0 Å². The number of nitro benzene ring substituents is 1. The Morgan fingerprint density at radius 3 is 1.95 bits per heavy atom. The molecule has 0 amide bonds. The van der Waals surface area contributed by atoms with Gasteiger partial charge in [-0.2, -0.15) is 0 Å². The first-order valence-corrected chi connectivity index (χ1v) is 7.54. The highest BCUT2D eigenvalue weighted by Gasteiger charge is 2.11. The van der Waals surface area contributed by atoms with Crippen molar-refractivity contribution < 1.29 is 14.4 Å². The largest absolute Gasteiger partial charge is 0.497 e. The van der Waals surface area contributed by atoms with E-state index in [-0.39, 0.29) is 5.69 Å². The van der Waals surface area contributed by atoms with Crippen LogP contribution in [0.25, 0.3) is 0 Å². The van der Waals surface area contributed by atoms with Crippen LogP contribution < -0.4 is 15.2 Å². The standard InChI is InChI=1S/C7H6BrNO3.C7H8BrNO/c1-12-5-2-3-6(8)7(4-5)9(10)11;1-10-5-2-3-6(8)7(9)4-5/h2-4H,1H3;2-4H,9H2,1H3. The minimum Gasteiger partial charge on any atom is -0.497 e. The fourth-order valence-corrected chi connectivity index (χ4v) is 2.05. The van der Waals surface area contributed by atoms with Crippen molar-refractivity contribution in [1.29, 1.82) is 0 Å². The van der Waals surface area contributed by atoms with Crippen LogP contribution in [-0.2, 0) is 0 Å². The van der Waals surface area contributed by atoms with E-state index in [9.17, 15) is 10.1 Å². The third kappa shape index (κ3) is 5.19. The second-order valence-corrected chi connectivity index (χ2v) is 5.67. The predicted octanol–water partition coefficient (Wildman–Crippen LogP) is 4.41. The van der Waals surface area contributed by atoms with Gasteiger partial charge in [0.15, 0.2) is 0 Å². The number of benzene rings is 2. The third-order valence-electron chi connectivity index (χ3n) is 2.55. The van der Waals surface area contributed by atoms with Crippen LogP contribution >= 0.6 is 31.9 Å². The molecule has 0 aliphatic rings. The van der Waals surface area contributed by atoms with Crippen molar-refractivity contribution >= 4 is 43.2 Å². The van der Waals surface area contributed by atoms with Crippen LogP contribution in [0.5, 0.6) is 11.5 Å². The van der Waals surface area contributed by atoms with E-state index in [1.807, 2.05) is 12.1 Å². The number of anilines is 1. The van der Waals surface area contributed by atoms with Crippen LogP contribution in [0.2, 0.25) is 0 Å². The van der Waals surface area contributed by atoms with Crippen molar-refractivity contribution in [2.75, 3.05) is 20.0 Å². The summed E-state index contributed by atoms with van der Waals surface area (Å²) >= 11 is 6.34. The second kappa shape index (κ2) is 8.60.